The van der Waals surface area contributed by atoms with Crippen molar-refractivity contribution in [3.63, 3.8) is 0 Å². The molecule has 0 saturated carbocycles. The number of aryl methyl sites for hydroxylation is 1. The maximum atomic E-state index is 12.9. The van der Waals surface area contributed by atoms with Crippen molar-refractivity contribution in [2.24, 2.45) is 0 Å². The zero-order valence-electron chi connectivity index (χ0n) is 14.9. The van der Waals surface area contributed by atoms with E-state index in [-0.39, 0.29) is 17.9 Å². The average Bonchev–Trinajstić information content (AvgIpc) is 2.64. The van der Waals surface area contributed by atoms with Gasteiger partial charge in [-0.15, -0.1) is 0 Å². The van der Waals surface area contributed by atoms with Gasteiger partial charge >= 0.3 is 0 Å². The number of hydrogen-bond acceptors (Lipinski definition) is 4. The van der Waals surface area contributed by atoms with E-state index in [0.29, 0.717) is 11.7 Å². The summed E-state index contributed by atoms with van der Waals surface area (Å²) in [4.78, 5) is 23.3. The molecule has 1 fully saturated rings. The van der Waals surface area contributed by atoms with Gasteiger partial charge in [-0.05, 0) is 18.9 Å². The van der Waals surface area contributed by atoms with E-state index < -0.39 is 0 Å². The molecule has 1 atom stereocenters. The molecule has 1 aromatic heterocycles. The lowest BCUT2D eigenvalue weighted by Crippen LogP contribution is -2.43. The summed E-state index contributed by atoms with van der Waals surface area (Å²) in [5, 5.41) is 0. The van der Waals surface area contributed by atoms with Crippen LogP contribution in [0.1, 0.15) is 43.5 Å². The number of carbonyl (C=O) groups is 1. The standard InChI is InChI=1S/C20H25N3O2/c1-3-18(16-7-5-4-6-8-16)20(24)23-13-10-17(11-14-23)25-19-9-12-21-15(2)22-19/h4-9,12,17-18H,3,10-11,13-14H2,1-2H3/t18-/m1/s1. The van der Waals surface area contributed by atoms with Crippen LogP contribution in [0.2, 0.25) is 0 Å². The molecule has 1 aliphatic heterocycles. The van der Waals surface area contributed by atoms with Crippen molar-refractivity contribution in [1.82, 2.24) is 14.9 Å². The lowest BCUT2D eigenvalue weighted by molar-refractivity contribution is -0.134. The van der Waals surface area contributed by atoms with Crippen LogP contribution in [0.25, 0.3) is 0 Å². The number of amides is 1. The first-order valence-electron chi connectivity index (χ1n) is 8.97. The number of ether oxygens (including phenoxy) is 1. The summed E-state index contributed by atoms with van der Waals surface area (Å²) >= 11 is 0. The SMILES string of the molecule is CC[C@@H](C(=O)N1CCC(Oc2ccnc(C)n2)CC1)c1ccccc1. The van der Waals surface area contributed by atoms with E-state index in [4.69, 9.17) is 4.74 Å². The number of aromatic nitrogens is 2. The van der Waals surface area contributed by atoms with Gasteiger partial charge in [0.15, 0.2) is 0 Å². The Morgan fingerprint density at radius 1 is 1.24 bits per heavy atom. The van der Waals surface area contributed by atoms with Crippen LogP contribution in [0.4, 0.5) is 0 Å². The molecule has 0 radical (unpaired) electrons. The summed E-state index contributed by atoms with van der Waals surface area (Å²) in [7, 11) is 0. The molecule has 2 heterocycles. The van der Waals surface area contributed by atoms with Crippen molar-refractivity contribution in [2.75, 3.05) is 13.1 Å². The van der Waals surface area contributed by atoms with E-state index in [2.05, 4.69) is 16.9 Å². The van der Waals surface area contributed by atoms with Crippen LogP contribution in [-0.2, 0) is 4.79 Å². The van der Waals surface area contributed by atoms with Crippen molar-refractivity contribution in [1.29, 1.82) is 0 Å². The van der Waals surface area contributed by atoms with Crippen molar-refractivity contribution in [3.05, 3.63) is 54.0 Å². The minimum Gasteiger partial charge on any atom is -0.474 e. The molecular formula is C20H25N3O2. The highest BCUT2D eigenvalue weighted by atomic mass is 16.5. The molecular weight excluding hydrogens is 314 g/mol. The van der Waals surface area contributed by atoms with Crippen LogP contribution in [-0.4, -0.2) is 40.0 Å². The highest BCUT2D eigenvalue weighted by Crippen LogP contribution is 2.25. The summed E-state index contributed by atoms with van der Waals surface area (Å²) in [5.41, 5.74) is 1.10. The third-order valence-electron chi connectivity index (χ3n) is 4.70. The Morgan fingerprint density at radius 3 is 2.60 bits per heavy atom. The summed E-state index contributed by atoms with van der Waals surface area (Å²) in [6.07, 6.45) is 4.30. The highest BCUT2D eigenvalue weighted by Gasteiger charge is 2.29. The van der Waals surface area contributed by atoms with Gasteiger partial charge in [-0.3, -0.25) is 4.79 Å². The monoisotopic (exact) mass is 339 g/mol. The van der Waals surface area contributed by atoms with Gasteiger partial charge in [-0.1, -0.05) is 37.3 Å². The lowest BCUT2D eigenvalue weighted by Gasteiger charge is -2.34. The average molecular weight is 339 g/mol. The molecule has 1 saturated heterocycles. The van der Waals surface area contributed by atoms with E-state index >= 15 is 0 Å². The number of rotatable bonds is 5. The Labute approximate surface area is 149 Å². The predicted molar refractivity (Wildman–Crippen MR) is 96.5 cm³/mol. The molecule has 25 heavy (non-hydrogen) atoms. The van der Waals surface area contributed by atoms with Gasteiger partial charge in [-0.25, -0.2) is 4.98 Å². The van der Waals surface area contributed by atoms with Crippen molar-refractivity contribution >= 4 is 5.91 Å². The molecule has 1 aliphatic rings. The van der Waals surface area contributed by atoms with Crippen molar-refractivity contribution < 1.29 is 9.53 Å². The van der Waals surface area contributed by atoms with E-state index in [9.17, 15) is 4.79 Å². The second-order valence-corrected chi connectivity index (χ2v) is 6.46. The minimum absolute atomic E-state index is 0.0526. The van der Waals surface area contributed by atoms with Gasteiger partial charge in [0.25, 0.3) is 0 Å². The van der Waals surface area contributed by atoms with Crippen LogP contribution in [0, 0.1) is 6.92 Å². The Balaban J connectivity index is 1.57. The fraction of sp³-hybridized carbons (Fsp3) is 0.450. The van der Waals surface area contributed by atoms with E-state index in [1.807, 2.05) is 42.2 Å². The van der Waals surface area contributed by atoms with Crippen LogP contribution < -0.4 is 4.74 Å². The van der Waals surface area contributed by atoms with Gasteiger partial charge in [-0.2, -0.15) is 4.98 Å². The largest absolute Gasteiger partial charge is 0.474 e. The van der Waals surface area contributed by atoms with Gasteiger partial charge in [0.2, 0.25) is 11.8 Å². The number of nitrogens with zero attached hydrogens (tertiary/aromatic N) is 3. The molecule has 0 bridgehead atoms. The molecule has 0 N–H and O–H groups in total. The molecule has 5 heteroatoms. The maximum absolute atomic E-state index is 12.9. The first-order valence-corrected chi connectivity index (χ1v) is 8.97. The topological polar surface area (TPSA) is 55.3 Å². The summed E-state index contributed by atoms with van der Waals surface area (Å²) in [5.74, 6) is 1.50. The van der Waals surface area contributed by atoms with Gasteiger partial charge in [0.1, 0.15) is 11.9 Å². The summed E-state index contributed by atoms with van der Waals surface area (Å²) in [6.45, 7) is 5.39. The number of carbonyl (C=O) groups excluding carboxylic acids is 1. The summed E-state index contributed by atoms with van der Waals surface area (Å²) < 4.78 is 5.95. The lowest BCUT2D eigenvalue weighted by atomic mass is 9.94. The summed E-state index contributed by atoms with van der Waals surface area (Å²) in [6, 6.07) is 11.8. The number of piperidine rings is 1. The molecule has 1 aromatic carbocycles. The molecule has 0 spiro atoms. The fourth-order valence-electron chi connectivity index (χ4n) is 3.32. The second kappa shape index (κ2) is 8.10. The molecule has 3 rings (SSSR count). The highest BCUT2D eigenvalue weighted by molar-refractivity contribution is 5.83. The fourth-order valence-corrected chi connectivity index (χ4v) is 3.32. The first kappa shape index (κ1) is 17.4. The van der Waals surface area contributed by atoms with E-state index in [1.54, 1.807) is 12.3 Å². The van der Waals surface area contributed by atoms with Crippen LogP contribution in [0.3, 0.4) is 0 Å². The second-order valence-electron chi connectivity index (χ2n) is 6.46. The molecule has 2 aromatic rings. The van der Waals surface area contributed by atoms with Crippen molar-refractivity contribution in [2.45, 2.75) is 45.1 Å². The molecule has 0 aliphatic carbocycles. The normalized spacial score (nSPS) is 16.5. The van der Waals surface area contributed by atoms with Gasteiger partial charge < -0.3 is 9.64 Å². The first-order chi connectivity index (χ1) is 12.2. The molecule has 5 nitrogen and oxygen atoms in total. The zero-order valence-corrected chi connectivity index (χ0v) is 14.9. The minimum atomic E-state index is -0.0526. The number of benzene rings is 1. The maximum Gasteiger partial charge on any atom is 0.230 e. The van der Waals surface area contributed by atoms with Gasteiger partial charge in [0.05, 0.1) is 5.92 Å². The quantitative estimate of drug-likeness (QED) is 0.838. The third-order valence-corrected chi connectivity index (χ3v) is 4.70. The smallest absolute Gasteiger partial charge is 0.230 e. The Bertz CT molecular complexity index is 697. The zero-order chi connectivity index (χ0) is 17.6. The third kappa shape index (κ3) is 4.35. The van der Waals surface area contributed by atoms with Gasteiger partial charge in [0, 0.05) is 38.2 Å². The van der Waals surface area contributed by atoms with Crippen LogP contribution >= 0.6 is 0 Å². The Morgan fingerprint density at radius 2 is 1.96 bits per heavy atom. The Kier molecular flexibility index (Phi) is 5.64. The van der Waals surface area contributed by atoms with Crippen molar-refractivity contribution in [3.8, 4) is 5.88 Å². The number of hydrogen-bond donors (Lipinski definition) is 0. The van der Waals surface area contributed by atoms with E-state index in [1.165, 1.54) is 0 Å². The van der Waals surface area contributed by atoms with E-state index in [0.717, 1.165) is 37.9 Å². The van der Waals surface area contributed by atoms with Crippen LogP contribution in [0.5, 0.6) is 5.88 Å². The molecule has 132 valence electrons. The number of likely N-dealkylation sites (tertiary alicyclic amines) is 1. The molecule has 1 amide bonds. The van der Waals surface area contributed by atoms with Crippen LogP contribution in [0.15, 0.2) is 42.6 Å². The Hall–Kier alpha value is -2.43. The molecule has 0 unspecified atom stereocenters. The predicted octanol–water partition coefficient (Wildman–Crippen LogP) is 3.35.